The van der Waals surface area contributed by atoms with Gasteiger partial charge in [0.15, 0.2) is 8.32 Å². The smallest absolute Gasteiger partial charge is 0.192 e. The SMILES string of the molecule is CC(C)(C)[Si](C)(C)OC(CC#N)c1ccccc1. The molecule has 0 saturated carbocycles. The van der Waals surface area contributed by atoms with Crippen molar-refractivity contribution < 1.29 is 4.43 Å². The number of hydrogen-bond donors (Lipinski definition) is 0. The van der Waals surface area contributed by atoms with Crippen LogP contribution in [0.2, 0.25) is 18.1 Å². The third-order valence-corrected chi connectivity index (χ3v) is 8.18. The van der Waals surface area contributed by atoms with Gasteiger partial charge in [0.1, 0.15) is 0 Å². The van der Waals surface area contributed by atoms with Crippen molar-refractivity contribution >= 4 is 8.32 Å². The maximum Gasteiger partial charge on any atom is 0.192 e. The molecule has 1 unspecified atom stereocenters. The predicted molar refractivity (Wildman–Crippen MR) is 77.7 cm³/mol. The monoisotopic (exact) mass is 261 g/mol. The maximum absolute atomic E-state index is 8.98. The van der Waals surface area contributed by atoms with Gasteiger partial charge in [-0.25, -0.2) is 0 Å². The summed E-state index contributed by atoms with van der Waals surface area (Å²) in [6, 6.07) is 12.3. The van der Waals surface area contributed by atoms with E-state index in [0.29, 0.717) is 6.42 Å². The van der Waals surface area contributed by atoms with Gasteiger partial charge in [-0.15, -0.1) is 0 Å². The molecule has 0 amide bonds. The van der Waals surface area contributed by atoms with E-state index in [4.69, 9.17) is 9.69 Å². The Bertz CT molecular complexity index is 414. The molecule has 0 aliphatic carbocycles. The zero-order valence-electron chi connectivity index (χ0n) is 12.0. The van der Waals surface area contributed by atoms with Crippen LogP contribution in [-0.4, -0.2) is 8.32 Å². The number of rotatable bonds is 4. The third-order valence-electron chi connectivity index (χ3n) is 3.69. The molecule has 0 fully saturated rings. The summed E-state index contributed by atoms with van der Waals surface area (Å²) in [4.78, 5) is 0. The first-order chi connectivity index (χ1) is 8.28. The summed E-state index contributed by atoms with van der Waals surface area (Å²) in [6.07, 6.45) is 0.313. The van der Waals surface area contributed by atoms with Crippen molar-refractivity contribution in [2.24, 2.45) is 0 Å². The van der Waals surface area contributed by atoms with Crippen molar-refractivity contribution in [1.82, 2.24) is 0 Å². The second-order valence-electron chi connectivity index (χ2n) is 6.14. The normalized spacial score (nSPS) is 14.0. The number of nitriles is 1. The molecule has 1 atom stereocenters. The van der Waals surface area contributed by atoms with Gasteiger partial charge in [0.25, 0.3) is 0 Å². The quantitative estimate of drug-likeness (QED) is 0.738. The van der Waals surface area contributed by atoms with Gasteiger partial charge in [-0.3, -0.25) is 0 Å². The second-order valence-corrected chi connectivity index (χ2v) is 10.9. The van der Waals surface area contributed by atoms with E-state index in [0.717, 1.165) is 5.56 Å². The van der Waals surface area contributed by atoms with Crippen LogP contribution in [0.4, 0.5) is 0 Å². The highest BCUT2D eigenvalue weighted by atomic mass is 28.4. The molecular formula is C15H23NOSi. The second kappa shape index (κ2) is 5.68. The van der Waals surface area contributed by atoms with Gasteiger partial charge in [-0.2, -0.15) is 5.26 Å². The van der Waals surface area contributed by atoms with Gasteiger partial charge in [0.05, 0.1) is 18.6 Å². The van der Waals surface area contributed by atoms with E-state index in [1.807, 2.05) is 30.3 Å². The van der Waals surface area contributed by atoms with Gasteiger partial charge in [-0.1, -0.05) is 51.1 Å². The van der Waals surface area contributed by atoms with Crippen LogP contribution >= 0.6 is 0 Å². The van der Waals surface area contributed by atoms with Gasteiger partial charge >= 0.3 is 0 Å². The summed E-state index contributed by atoms with van der Waals surface area (Å²) in [5.74, 6) is 0. The van der Waals surface area contributed by atoms with Crippen LogP contribution in [0.1, 0.15) is 38.9 Å². The molecule has 0 saturated heterocycles. The predicted octanol–water partition coefficient (Wildman–Crippen LogP) is 4.66. The molecule has 18 heavy (non-hydrogen) atoms. The first-order valence-corrected chi connectivity index (χ1v) is 9.28. The Hall–Kier alpha value is -1.11. The van der Waals surface area contributed by atoms with Crippen molar-refractivity contribution in [3.8, 4) is 6.07 Å². The zero-order valence-corrected chi connectivity index (χ0v) is 13.0. The van der Waals surface area contributed by atoms with E-state index in [1.165, 1.54) is 0 Å². The van der Waals surface area contributed by atoms with Crippen LogP contribution in [-0.2, 0) is 4.43 Å². The number of benzene rings is 1. The molecule has 1 aromatic carbocycles. The van der Waals surface area contributed by atoms with E-state index in [-0.39, 0.29) is 11.1 Å². The highest BCUT2D eigenvalue weighted by molar-refractivity contribution is 6.74. The molecule has 1 aromatic rings. The van der Waals surface area contributed by atoms with Gasteiger partial charge in [0.2, 0.25) is 0 Å². The van der Waals surface area contributed by atoms with Crippen molar-refractivity contribution in [2.75, 3.05) is 0 Å². The molecule has 0 bridgehead atoms. The fourth-order valence-electron chi connectivity index (χ4n) is 1.51. The fourth-order valence-corrected chi connectivity index (χ4v) is 2.79. The third kappa shape index (κ3) is 3.69. The summed E-state index contributed by atoms with van der Waals surface area (Å²) < 4.78 is 6.35. The summed E-state index contributed by atoms with van der Waals surface area (Å²) in [6.45, 7) is 11.1. The van der Waals surface area contributed by atoms with Crippen LogP contribution in [0.15, 0.2) is 30.3 Å². The molecule has 98 valence electrons. The molecule has 0 aliphatic rings. The molecule has 0 spiro atoms. The van der Waals surface area contributed by atoms with Crippen LogP contribution in [0, 0.1) is 11.3 Å². The van der Waals surface area contributed by atoms with Crippen LogP contribution in [0.5, 0.6) is 0 Å². The van der Waals surface area contributed by atoms with Crippen LogP contribution < -0.4 is 0 Å². The standard InChI is InChI=1S/C15H23NOSi/c1-15(2,3)18(4,5)17-14(11-12-16)13-9-7-6-8-10-13/h6-10,14H,11H2,1-5H3. The van der Waals surface area contributed by atoms with Crippen LogP contribution in [0.3, 0.4) is 0 Å². The molecule has 3 heteroatoms. The Kier molecular flexibility index (Phi) is 4.72. The molecule has 0 heterocycles. The fraction of sp³-hybridized carbons (Fsp3) is 0.533. The van der Waals surface area contributed by atoms with Crippen molar-refractivity contribution in [3.63, 3.8) is 0 Å². The molecule has 0 aliphatic heterocycles. The van der Waals surface area contributed by atoms with Crippen LogP contribution in [0.25, 0.3) is 0 Å². The average molecular weight is 261 g/mol. The summed E-state index contributed by atoms with van der Waals surface area (Å²) in [7, 11) is -1.84. The molecule has 2 nitrogen and oxygen atoms in total. The Morgan fingerprint density at radius 1 is 1.22 bits per heavy atom. The van der Waals surface area contributed by atoms with Gasteiger partial charge in [0, 0.05) is 0 Å². The van der Waals surface area contributed by atoms with E-state index in [1.54, 1.807) is 0 Å². The molecule has 0 aromatic heterocycles. The first-order valence-electron chi connectivity index (χ1n) is 6.37. The molecule has 1 rings (SSSR count). The highest BCUT2D eigenvalue weighted by Gasteiger charge is 2.39. The van der Waals surface area contributed by atoms with Gasteiger partial charge in [-0.05, 0) is 23.7 Å². The highest BCUT2D eigenvalue weighted by Crippen LogP contribution is 2.40. The van der Waals surface area contributed by atoms with E-state index >= 15 is 0 Å². The lowest BCUT2D eigenvalue weighted by Crippen LogP contribution is -2.41. The van der Waals surface area contributed by atoms with Crippen molar-refractivity contribution in [1.29, 1.82) is 5.26 Å². The lowest BCUT2D eigenvalue weighted by atomic mass is 10.1. The number of nitrogens with zero attached hydrogens (tertiary/aromatic N) is 1. The minimum absolute atomic E-state index is 0.0999. The minimum Gasteiger partial charge on any atom is -0.409 e. The van der Waals surface area contributed by atoms with E-state index < -0.39 is 8.32 Å². The van der Waals surface area contributed by atoms with Crippen molar-refractivity contribution in [2.45, 2.75) is 51.4 Å². The average Bonchev–Trinajstić information content (AvgIpc) is 2.28. The minimum atomic E-state index is -1.84. The molecule has 0 N–H and O–H groups in total. The Morgan fingerprint density at radius 3 is 2.22 bits per heavy atom. The van der Waals surface area contributed by atoms with E-state index in [9.17, 15) is 0 Å². The molecular weight excluding hydrogens is 238 g/mol. The summed E-state index contributed by atoms with van der Waals surface area (Å²) in [5, 5.41) is 9.15. The zero-order chi connectivity index (χ0) is 13.8. The topological polar surface area (TPSA) is 33.0 Å². The maximum atomic E-state index is 8.98. The Morgan fingerprint density at radius 2 is 1.78 bits per heavy atom. The summed E-state index contributed by atoms with van der Waals surface area (Å²) >= 11 is 0. The van der Waals surface area contributed by atoms with Gasteiger partial charge < -0.3 is 4.43 Å². The first kappa shape index (κ1) is 14.9. The van der Waals surface area contributed by atoms with E-state index in [2.05, 4.69) is 39.9 Å². The van der Waals surface area contributed by atoms with Crippen molar-refractivity contribution in [3.05, 3.63) is 35.9 Å². The summed E-state index contributed by atoms with van der Waals surface area (Å²) in [5.41, 5.74) is 1.10. The largest absolute Gasteiger partial charge is 0.409 e. The lowest BCUT2D eigenvalue weighted by Gasteiger charge is -2.39. The Balaban J connectivity index is 2.93. The Labute approximate surface area is 112 Å². The molecule has 0 radical (unpaired) electrons. The number of hydrogen-bond acceptors (Lipinski definition) is 2. The lowest BCUT2D eigenvalue weighted by molar-refractivity contribution is 0.188.